The molecule has 4 nitrogen and oxygen atoms in total. The van der Waals surface area contributed by atoms with Crippen molar-refractivity contribution < 1.29 is 9.90 Å². The van der Waals surface area contributed by atoms with E-state index in [1.807, 2.05) is 17.2 Å². The summed E-state index contributed by atoms with van der Waals surface area (Å²) < 4.78 is 0. The molecule has 1 aliphatic heterocycles. The summed E-state index contributed by atoms with van der Waals surface area (Å²) in [5, 5.41) is 11.9. The summed E-state index contributed by atoms with van der Waals surface area (Å²) in [6.07, 6.45) is 1.31. The molecular formula is C11H16N2O2S. The smallest absolute Gasteiger partial charge is 0.228 e. The van der Waals surface area contributed by atoms with Gasteiger partial charge in [0.1, 0.15) is 0 Å². The summed E-state index contributed by atoms with van der Waals surface area (Å²) in [7, 11) is 0. The lowest BCUT2D eigenvalue weighted by atomic mass is 10.1. The van der Waals surface area contributed by atoms with Gasteiger partial charge in [-0.25, -0.2) is 4.98 Å². The third kappa shape index (κ3) is 2.59. The third-order valence-corrected chi connectivity index (χ3v) is 3.72. The Hall–Kier alpha value is -0.940. The summed E-state index contributed by atoms with van der Waals surface area (Å²) in [4.78, 5) is 18.0. The van der Waals surface area contributed by atoms with E-state index in [0.717, 1.165) is 23.7 Å². The number of likely N-dealkylation sites (tertiary alicyclic amines) is 1. The van der Waals surface area contributed by atoms with Crippen molar-refractivity contribution in [2.45, 2.75) is 19.8 Å². The average molecular weight is 240 g/mol. The first-order valence-corrected chi connectivity index (χ1v) is 6.36. The molecule has 0 spiro atoms. The lowest BCUT2D eigenvalue weighted by Crippen LogP contribution is -2.30. The minimum absolute atomic E-state index is 0.126. The first-order chi connectivity index (χ1) is 7.69. The molecule has 1 aromatic heterocycles. The van der Waals surface area contributed by atoms with Crippen LogP contribution in [-0.2, 0) is 11.2 Å². The second-order valence-corrected chi connectivity index (χ2v) is 5.27. The van der Waals surface area contributed by atoms with E-state index < -0.39 is 0 Å². The molecule has 1 amide bonds. The van der Waals surface area contributed by atoms with Crippen molar-refractivity contribution in [1.82, 2.24) is 9.88 Å². The quantitative estimate of drug-likeness (QED) is 0.851. The molecule has 0 aromatic carbocycles. The van der Waals surface area contributed by atoms with Gasteiger partial charge in [-0.15, -0.1) is 11.3 Å². The average Bonchev–Trinajstić information content (AvgIpc) is 2.87. The highest BCUT2D eigenvalue weighted by molar-refractivity contribution is 7.09. The second-order valence-electron chi connectivity index (χ2n) is 4.21. The van der Waals surface area contributed by atoms with Crippen molar-refractivity contribution in [3.63, 3.8) is 0 Å². The summed E-state index contributed by atoms with van der Waals surface area (Å²) in [5.41, 5.74) is 0.861. The van der Waals surface area contributed by atoms with Gasteiger partial charge in [0.2, 0.25) is 5.91 Å². The molecule has 88 valence electrons. The van der Waals surface area contributed by atoms with Crippen LogP contribution >= 0.6 is 11.3 Å². The number of carbonyl (C=O) groups is 1. The van der Waals surface area contributed by atoms with E-state index in [1.54, 1.807) is 11.3 Å². The van der Waals surface area contributed by atoms with E-state index in [-0.39, 0.29) is 18.4 Å². The fraction of sp³-hybridized carbons (Fsp3) is 0.636. The molecule has 0 radical (unpaired) electrons. The zero-order valence-electron chi connectivity index (χ0n) is 9.35. The van der Waals surface area contributed by atoms with E-state index in [1.165, 1.54) is 0 Å². The lowest BCUT2D eigenvalue weighted by molar-refractivity contribution is -0.129. The summed E-state index contributed by atoms with van der Waals surface area (Å²) >= 11 is 1.57. The van der Waals surface area contributed by atoms with Crippen LogP contribution in [0.5, 0.6) is 0 Å². The largest absolute Gasteiger partial charge is 0.396 e. The number of nitrogens with zero attached hydrogens (tertiary/aromatic N) is 2. The fourth-order valence-corrected chi connectivity index (χ4v) is 2.58. The molecule has 2 heterocycles. The summed E-state index contributed by atoms with van der Waals surface area (Å²) in [6.45, 7) is 3.58. The maximum atomic E-state index is 11.9. The number of hydrogen-bond donors (Lipinski definition) is 1. The molecule has 0 bridgehead atoms. The molecule has 2 rings (SSSR count). The maximum absolute atomic E-state index is 11.9. The number of thiazole rings is 1. The van der Waals surface area contributed by atoms with Crippen LogP contribution in [0.15, 0.2) is 5.38 Å². The number of hydrogen-bond acceptors (Lipinski definition) is 4. The molecule has 1 saturated heterocycles. The van der Waals surface area contributed by atoms with E-state index in [4.69, 9.17) is 5.11 Å². The molecular weight excluding hydrogens is 224 g/mol. The normalized spacial score (nSPS) is 20.4. The number of rotatable bonds is 3. The van der Waals surface area contributed by atoms with Gasteiger partial charge in [-0.2, -0.15) is 0 Å². The van der Waals surface area contributed by atoms with Crippen molar-refractivity contribution in [3.05, 3.63) is 16.1 Å². The van der Waals surface area contributed by atoms with Crippen molar-refractivity contribution in [1.29, 1.82) is 0 Å². The standard InChI is InChI=1S/C11H16N2O2S/c1-8-12-10(7-16-8)4-11(15)13-3-2-9(5-13)6-14/h7,9,14H,2-6H2,1H3. The highest BCUT2D eigenvalue weighted by Gasteiger charge is 2.25. The number of aryl methyl sites for hydroxylation is 1. The molecule has 1 fully saturated rings. The monoisotopic (exact) mass is 240 g/mol. The Labute approximate surface area is 98.9 Å². The predicted octanol–water partition coefficient (Wildman–Crippen LogP) is 0.835. The van der Waals surface area contributed by atoms with Crippen molar-refractivity contribution in [3.8, 4) is 0 Å². The van der Waals surface area contributed by atoms with Crippen LogP contribution in [0.1, 0.15) is 17.1 Å². The van der Waals surface area contributed by atoms with Gasteiger partial charge in [-0.1, -0.05) is 0 Å². The van der Waals surface area contributed by atoms with Gasteiger partial charge in [0, 0.05) is 31.0 Å². The van der Waals surface area contributed by atoms with Crippen LogP contribution in [0.4, 0.5) is 0 Å². The summed E-state index contributed by atoms with van der Waals surface area (Å²) in [5.74, 6) is 0.391. The first kappa shape index (κ1) is 11.5. The maximum Gasteiger partial charge on any atom is 0.228 e. The van der Waals surface area contributed by atoms with Crippen LogP contribution in [0.2, 0.25) is 0 Å². The SMILES string of the molecule is Cc1nc(CC(=O)N2CCC(CO)C2)cs1. The Balaban J connectivity index is 1.89. The fourth-order valence-electron chi connectivity index (χ4n) is 1.96. The number of aliphatic hydroxyl groups is 1. The number of amides is 1. The molecule has 5 heteroatoms. The third-order valence-electron chi connectivity index (χ3n) is 2.90. The highest BCUT2D eigenvalue weighted by atomic mass is 32.1. The van der Waals surface area contributed by atoms with Gasteiger partial charge in [0.25, 0.3) is 0 Å². The van der Waals surface area contributed by atoms with Gasteiger partial charge in [-0.05, 0) is 13.3 Å². The Kier molecular flexibility index (Phi) is 3.56. The zero-order chi connectivity index (χ0) is 11.5. The Bertz CT molecular complexity index is 378. The predicted molar refractivity (Wildman–Crippen MR) is 62.3 cm³/mol. The van der Waals surface area contributed by atoms with Gasteiger partial charge < -0.3 is 10.0 Å². The number of aromatic nitrogens is 1. The first-order valence-electron chi connectivity index (χ1n) is 5.48. The van der Waals surface area contributed by atoms with E-state index in [0.29, 0.717) is 13.0 Å². The zero-order valence-corrected chi connectivity index (χ0v) is 10.2. The minimum Gasteiger partial charge on any atom is -0.396 e. The van der Waals surface area contributed by atoms with Gasteiger partial charge in [0.05, 0.1) is 17.1 Å². The Morgan fingerprint density at radius 2 is 2.56 bits per heavy atom. The minimum atomic E-state index is 0.126. The van der Waals surface area contributed by atoms with Crippen molar-refractivity contribution in [2.24, 2.45) is 5.92 Å². The molecule has 1 aliphatic rings. The van der Waals surface area contributed by atoms with Crippen molar-refractivity contribution >= 4 is 17.2 Å². The van der Waals surface area contributed by atoms with Crippen LogP contribution in [-0.4, -0.2) is 40.6 Å². The van der Waals surface area contributed by atoms with Crippen LogP contribution in [0, 0.1) is 12.8 Å². The Morgan fingerprint density at radius 3 is 3.12 bits per heavy atom. The second kappa shape index (κ2) is 4.93. The molecule has 1 atom stereocenters. The molecule has 1 N–H and O–H groups in total. The van der Waals surface area contributed by atoms with Gasteiger partial charge in [-0.3, -0.25) is 4.79 Å². The van der Waals surface area contributed by atoms with Crippen LogP contribution in [0.3, 0.4) is 0 Å². The van der Waals surface area contributed by atoms with Gasteiger partial charge >= 0.3 is 0 Å². The van der Waals surface area contributed by atoms with E-state index in [2.05, 4.69) is 4.98 Å². The van der Waals surface area contributed by atoms with Crippen molar-refractivity contribution in [2.75, 3.05) is 19.7 Å². The topological polar surface area (TPSA) is 53.4 Å². The molecule has 0 saturated carbocycles. The van der Waals surface area contributed by atoms with Crippen LogP contribution in [0.25, 0.3) is 0 Å². The van der Waals surface area contributed by atoms with E-state index >= 15 is 0 Å². The molecule has 16 heavy (non-hydrogen) atoms. The molecule has 1 aromatic rings. The van der Waals surface area contributed by atoms with E-state index in [9.17, 15) is 4.79 Å². The molecule has 1 unspecified atom stereocenters. The lowest BCUT2D eigenvalue weighted by Gasteiger charge is -2.15. The van der Waals surface area contributed by atoms with Gasteiger partial charge in [0.15, 0.2) is 0 Å². The Morgan fingerprint density at radius 1 is 1.75 bits per heavy atom. The van der Waals surface area contributed by atoms with Crippen LogP contribution < -0.4 is 0 Å². The molecule has 0 aliphatic carbocycles. The highest BCUT2D eigenvalue weighted by Crippen LogP contribution is 2.17. The number of aliphatic hydroxyl groups excluding tert-OH is 1. The summed E-state index contributed by atoms with van der Waals surface area (Å²) in [6, 6.07) is 0. The number of carbonyl (C=O) groups excluding carboxylic acids is 1.